The van der Waals surface area contributed by atoms with Crippen LogP contribution in [0.4, 0.5) is 4.39 Å². The van der Waals surface area contributed by atoms with Gasteiger partial charge in [-0.05, 0) is 48.2 Å². The number of hydroxylamine groups is 1. The first-order chi connectivity index (χ1) is 14.3. The standard InChI is InChI=1S/C21H25FN2O5S/c1-29-19-8-4-17(5-9-19)15-30(27,28)21(20(25)23-26)10-12-24(13-11-21)14-16-2-6-18(22)7-3-16/h2-9,26H,10-15H2,1H3,(H,23,25). The number of methoxy groups -OCH3 is 1. The van der Waals surface area contributed by atoms with Crippen LogP contribution in [0, 0.1) is 5.82 Å². The van der Waals surface area contributed by atoms with Crippen LogP contribution >= 0.6 is 0 Å². The van der Waals surface area contributed by atoms with E-state index in [0.717, 1.165) is 5.56 Å². The van der Waals surface area contributed by atoms with E-state index in [4.69, 9.17) is 4.74 Å². The molecule has 0 aliphatic carbocycles. The number of hydrogen-bond acceptors (Lipinski definition) is 6. The van der Waals surface area contributed by atoms with Gasteiger partial charge in [0.1, 0.15) is 11.6 Å². The number of carbonyl (C=O) groups is 1. The third-order valence-electron chi connectivity index (χ3n) is 5.61. The summed E-state index contributed by atoms with van der Waals surface area (Å²) in [6.45, 7) is 1.23. The lowest BCUT2D eigenvalue weighted by molar-refractivity contribution is -0.133. The first-order valence-electron chi connectivity index (χ1n) is 9.56. The molecule has 0 spiro atoms. The molecule has 9 heteroatoms. The number of likely N-dealkylation sites (tertiary alicyclic amines) is 1. The van der Waals surface area contributed by atoms with E-state index in [1.807, 2.05) is 4.90 Å². The summed E-state index contributed by atoms with van der Waals surface area (Å²) in [4.78, 5) is 14.5. The smallest absolute Gasteiger partial charge is 0.264 e. The predicted molar refractivity (Wildman–Crippen MR) is 109 cm³/mol. The van der Waals surface area contributed by atoms with E-state index in [2.05, 4.69) is 0 Å². The Morgan fingerprint density at radius 3 is 2.20 bits per heavy atom. The van der Waals surface area contributed by atoms with Crippen LogP contribution in [-0.2, 0) is 26.9 Å². The molecular formula is C21H25FN2O5S. The van der Waals surface area contributed by atoms with E-state index >= 15 is 0 Å². The van der Waals surface area contributed by atoms with Crippen molar-refractivity contribution in [3.8, 4) is 5.75 Å². The van der Waals surface area contributed by atoms with Crippen LogP contribution in [0.25, 0.3) is 0 Å². The van der Waals surface area contributed by atoms with Crippen LogP contribution in [0.2, 0.25) is 0 Å². The van der Waals surface area contributed by atoms with Crippen LogP contribution in [0.5, 0.6) is 5.75 Å². The molecular weight excluding hydrogens is 411 g/mol. The van der Waals surface area contributed by atoms with Gasteiger partial charge >= 0.3 is 0 Å². The van der Waals surface area contributed by atoms with Gasteiger partial charge in [-0.15, -0.1) is 0 Å². The number of halogens is 1. The van der Waals surface area contributed by atoms with Gasteiger partial charge in [0.15, 0.2) is 14.6 Å². The molecule has 0 atom stereocenters. The summed E-state index contributed by atoms with van der Waals surface area (Å²) in [6.07, 6.45) is 0.109. The third-order valence-corrected chi connectivity index (χ3v) is 8.11. The van der Waals surface area contributed by atoms with Crippen molar-refractivity contribution in [3.05, 3.63) is 65.5 Å². The molecule has 162 valence electrons. The summed E-state index contributed by atoms with van der Waals surface area (Å²) < 4.78 is 43.0. The number of hydrogen-bond donors (Lipinski definition) is 2. The van der Waals surface area contributed by atoms with Gasteiger partial charge in [-0.25, -0.2) is 18.3 Å². The van der Waals surface area contributed by atoms with E-state index in [9.17, 15) is 22.8 Å². The van der Waals surface area contributed by atoms with Crippen molar-refractivity contribution in [2.45, 2.75) is 29.9 Å². The third kappa shape index (κ3) is 4.63. The quantitative estimate of drug-likeness (QED) is 0.511. The zero-order chi connectivity index (χ0) is 21.8. The Hall–Kier alpha value is -2.49. The van der Waals surface area contributed by atoms with Crippen molar-refractivity contribution >= 4 is 15.7 Å². The van der Waals surface area contributed by atoms with Crippen molar-refractivity contribution in [2.24, 2.45) is 0 Å². The van der Waals surface area contributed by atoms with Crippen molar-refractivity contribution < 1.29 is 27.5 Å². The maximum atomic E-state index is 13.3. The summed E-state index contributed by atoms with van der Waals surface area (Å²) in [5, 5.41) is 9.25. The van der Waals surface area contributed by atoms with Crippen LogP contribution in [0.1, 0.15) is 24.0 Å². The highest BCUT2D eigenvalue weighted by Gasteiger charge is 2.51. The van der Waals surface area contributed by atoms with Gasteiger partial charge in [0, 0.05) is 19.6 Å². The van der Waals surface area contributed by atoms with Gasteiger partial charge in [0.25, 0.3) is 5.91 Å². The molecule has 1 saturated heterocycles. The second kappa shape index (κ2) is 9.11. The first-order valence-corrected chi connectivity index (χ1v) is 11.2. The van der Waals surface area contributed by atoms with E-state index < -0.39 is 20.5 Å². The highest BCUT2D eigenvalue weighted by Crippen LogP contribution is 2.34. The minimum absolute atomic E-state index is 0.0546. The van der Waals surface area contributed by atoms with Crippen molar-refractivity contribution in [3.63, 3.8) is 0 Å². The molecule has 1 heterocycles. The van der Waals surface area contributed by atoms with Crippen molar-refractivity contribution in [1.82, 2.24) is 10.4 Å². The second-order valence-corrected chi connectivity index (χ2v) is 9.74. The van der Waals surface area contributed by atoms with Crippen LogP contribution in [-0.4, -0.2) is 49.4 Å². The lowest BCUT2D eigenvalue weighted by atomic mass is 9.94. The van der Waals surface area contributed by atoms with Crippen LogP contribution in [0.15, 0.2) is 48.5 Å². The SMILES string of the molecule is COc1ccc(CS(=O)(=O)C2(C(=O)NO)CCN(Cc3ccc(F)cc3)CC2)cc1. The van der Waals surface area contributed by atoms with Crippen molar-refractivity contribution in [2.75, 3.05) is 20.2 Å². The summed E-state index contributed by atoms with van der Waals surface area (Å²) in [5.74, 6) is -0.936. The Morgan fingerprint density at radius 1 is 1.10 bits per heavy atom. The monoisotopic (exact) mass is 436 g/mol. The number of sulfone groups is 1. The number of nitrogens with zero attached hydrogens (tertiary/aromatic N) is 1. The topological polar surface area (TPSA) is 95.9 Å². The number of carbonyl (C=O) groups excluding carboxylic acids is 1. The second-order valence-electron chi connectivity index (χ2n) is 7.44. The van der Waals surface area contributed by atoms with E-state index in [1.165, 1.54) is 19.2 Å². The van der Waals surface area contributed by atoms with E-state index in [0.29, 0.717) is 30.9 Å². The zero-order valence-corrected chi connectivity index (χ0v) is 17.5. The number of ether oxygens (including phenoxy) is 1. The minimum Gasteiger partial charge on any atom is -0.497 e. The average molecular weight is 437 g/mol. The fourth-order valence-electron chi connectivity index (χ4n) is 3.78. The van der Waals surface area contributed by atoms with Gasteiger partial charge in [-0.1, -0.05) is 24.3 Å². The average Bonchev–Trinajstić information content (AvgIpc) is 2.75. The van der Waals surface area contributed by atoms with Crippen LogP contribution in [0.3, 0.4) is 0 Å². The molecule has 2 N–H and O–H groups in total. The number of rotatable bonds is 7. The van der Waals surface area contributed by atoms with Gasteiger partial charge < -0.3 is 4.74 Å². The first kappa shape index (κ1) is 22.2. The van der Waals surface area contributed by atoms with Gasteiger partial charge in [-0.3, -0.25) is 14.9 Å². The molecule has 0 bridgehead atoms. The van der Waals surface area contributed by atoms with Crippen LogP contribution < -0.4 is 10.2 Å². The molecule has 1 aliphatic heterocycles. The molecule has 30 heavy (non-hydrogen) atoms. The molecule has 0 aromatic heterocycles. The molecule has 2 aromatic carbocycles. The summed E-state index contributed by atoms with van der Waals surface area (Å²) in [5.41, 5.74) is 2.99. The fourth-order valence-corrected chi connectivity index (χ4v) is 5.82. The normalized spacial score (nSPS) is 16.8. The Balaban J connectivity index is 1.76. The molecule has 3 rings (SSSR count). The molecule has 1 fully saturated rings. The summed E-state index contributed by atoms with van der Waals surface area (Å²) in [7, 11) is -2.40. The summed E-state index contributed by atoms with van der Waals surface area (Å²) in [6, 6.07) is 12.7. The molecule has 0 unspecified atom stereocenters. The molecule has 0 radical (unpaired) electrons. The molecule has 1 aliphatic rings. The molecule has 7 nitrogen and oxygen atoms in total. The lowest BCUT2D eigenvalue weighted by Gasteiger charge is -2.39. The molecule has 0 saturated carbocycles. The Morgan fingerprint density at radius 2 is 1.67 bits per heavy atom. The zero-order valence-electron chi connectivity index (χ0n) is 16.7. The van der Waals surface area contributed by atoms with Gasteiger partial charge in [-0.2, -0.15) is 0 Å². The predicted octanol–water partition coefficient (Wildman–Crippen LogP) is 2.29. The van der Waals surface area contributed by atoms with E-state index in [1.54, 1.807) is 41.9 Å². The van der Waals surface area contributed by atoms with Crippen molar-refractivity contribution in [1.29, 1.82) is 0 Å². The highest BCUT2D eigenvalue weighted by atomic mass is 32.2. The Labute approximate surface area is 175 Å². The number of nitrogens with one attached hydrogen (secondary N) is 1. The van der Waals surface area contributed by atoms with E-state index in [-0.39, 0.29) is 24.4 Å². The number of amides is 1. The fraction of sp³-hybridized carbons (Fsp3) is 0.381. The maximum Gasteiger partial charge on any atom is 0.264 e. The highest BCUT2D eigenvalue weighted by molar-refractivity contribution is 7.92. The molecule has 1 amide bonds. The molecule has 2 aromatic rings. The Bertz CT molecular complexity index is 969. The van der Waals surface area contributed by atoms with Gasteiger partial charge in [0.05, 0.1) is 12.9 Å². The minimum atomic E-state index is -3.92. The van der Waals surface area contributed by atoms with Gasteiger partial charge in [0.2, 0.25) is 0 Å². The summed E-state index contributed by atoms with van der Waals surface area (Å²) >= 11 is 0. The lowest BCUT2D eigenvalue weighted by Crippen LogP contribution is -2.57. The Kier molecular flexibility index (Phi) is 6.74. The number of benzene rings is 2. The number of piperidine rings is 1. The largest absolute Gasteiger partial charge is 0.497 e. The maximum absolute atomic E-state index is 13.3.